The number of nitrogens with one attached hydrogen (secondary N) is 1. The molecule has 1 aromatic heterocycles. The van der Waals surface area contributed by atoms with Gasteiger partial charge in [-0.25, -0.2) is 0 Å². The van der Waals surface area contributed by atoms with Crippen LogP contribution in [0.3, 0.4) is 0 Å². The first-order valence-corrected chi connectivity index (χ1v) is 7.42. The van der Waals surface area contributed by atoms with Crippen LogP contribution in [-0.2, 0) is 11.8 Å². The summed E-state index contributed by atoms with van der Waals surface area (Å²) in [6.45, 7) is 6.23. The van der Waals surface area contributed by atoms with Crippen LogP contribution in [0.15, 0.2) is 10.7 Å². The highest BCUT2D eigenvalue weighted by Gasteiger charge is 2.41. The van der Waals surface area contributed by atoms with Gasteiger partial charge in [-0.05, 0) is 48.7 Å². The predicted octanol–water partition coefficient (Wildman–Crippen LogP) is 2.79. The molecule has 2 atom stereocenters. The minimum absolute atomic E-state index is 0.133. The molecule has 18 heavy (non-hydrogen) atoms. The first-order valence-electron chi connectivity index (χ1n) is 6.63. The van der Waals surface area contributed by atoms with Gasteiger partial charge in [0.05, 0.1) is 28.0 Å². The fraction of sp³-hybridized carbons (Fsp3) is 0.769. The van der Waals surface area contributed by atoms with E-state index in [1.807, 2.05) is 17.9 Å². The van der Waals surface area contributed by atoms with Crippen LogP contribution in [0.2, 0.25) is 0 Å². The third-order valence-corrected chi connectivity index (χ3v) is 4.28. The number of halogens is 1. The lowest BCUT2D eigenvalue weighted by molar-refractivity contribution is -0.0147. The second-order valence-electron chi connectivity index (χ2n) is 5.15. The van der Waals surface area contributed by atoms with Gasteiger partial charge >= 0.3 is 0 Å². The van der Waals surface area contributed by atoms with Crippen LogP contribution in [0.4, 0.5) is 0 Å². The molecule has 2 rings (SSSR count). The zero-order chi connectivity index (χ0) is 13.2. The average molecular weight is 316 g/mol. The Morgan fingerprint density at radius 2 is 2.44 bits per heavy atom. The van der Waals surface area contributed by atoms with Crippen molar-refractivity contribution in [2.75, 3.05) is 13.2 Å². The van der Waals surface area contributed by atoms with E-state index in [0.717, 1.165) is 36.9 Å². The van der Waals surface area contributed by atoms with Gasteiger partial charge in [0.15, 0.2) is 0 Å². The number of rotatable bonds is 5. The Labute approximate surface area is 117 Å². The van der Waals surface area contributed by atoms with E-state index in [0.29, 0.717) is 0 Å². The predicted molar refractivity (Wildman–Crippen MR) is 75.5 cm³/mol. The first-order chi connectivity index (χ1) is 8.58. The van der Waals surface area contributed by atoms with E-state index < -0.39 is 0 Å². The van der Waals surface area contributed by atoms with E-state index in [1.165, 1.54) is 5.69 Å². The summed E-state index contributed by atoms with van der Waals surface area (Å²) in [6.07, 6.45) is 5.19. The molecule has 2 heterocycles. The van der Waals surface area contributed by atoms with Crippen LogP contribution in [0, 0.1) is 0 Å². The quantitative estimate of drug-likeness (QED) is 0.908. The standard InChI is InChI=1S/C13H22BrN3O/c1-4-7-15-12(13(2)6-5-8-18-13)11-10(14)9-16-17(11)3/h9,12,15H,4-8H2,1-3H3. The molecule has 4 nitrogen and oxygen atoms in total. The molecule has 2 unspecified atom stereocenters. The minimum atomic E-state index is -0.133. The molecule has 0 amide bonds. The summed E-state index contributed by atoms with van der Waals surface area (Å²) in [7, 11) is 1.99. The third kappa shape index (κ3) is 2.63. The zero-order valence-electron chi connectivity index (χ0n) is 11.4. The summed E-state index contributed by atoms with van der Waals surface area (Å²) in [4.78, 5) is 0. The Morgan fingerprint density at radius 1 is 1.67 bits per heavy atom. The fourth-order valence-electron chi connectivity index (χ4n) is 2.66. The normalized spacial score (nSPS) is 25.6. The van der Waals surface area contributed by atoms with Gasteiger partial charge < -0.3 is 10.1 Å². The van der Waals surface area contributed by atoms with Gasteiger partial charge in [0, 0.05) is 13.7 Å². The topological polar surface area (TPSA) is 39.1 Å². The second-order valence-corrected chi connectivity index (χ2v) is 6.01. The second kappa shape index (κ2) is 5.72. The van der Waals surface area contributed by atoms with E-state index >= 15 is 0 Å². The van der Waals surface area contributed by atoms with E-state index in [4.69, 9.17) is 4.74 Å². The Kier molecular flexibility index (Phi) is 4.45. The van der Waals surface area contributed by atoms with Gasteiger partial charge in [-0.2, -0.15) is 5.10 Å². The number of aromatic nitrogens is 2. The lowest BCUT2D eigenvalue weighted by Crippen LogP contribution is -2.42. The van der Waals surface area contributed by atoms with Crippen molar-refractivity contribution in [3.05, 3.63) is 16.4 Å². The molecule has 1 N–H and O–H groups in total. The fourth-order valence-corrected chi connectivity index (χ4v) is 3.24. The highest BCUT2D eigenvalue weighted by molar-refractivity contribution is 9.10. The molecule has 1 saturated heterocycles. The molecule has 1 fully saturated rings. The Balaban J connectivity index is 2.30. The van der Waals surface area contributed by atoms with Crippen LogP contribution in [0.25, 0.3) is 0 Å². The third-order valence-electron chi connectivity index (χ3n) is 3.67. The Morgan fingerprint density at radius 3 is 2.94 bits per heavy atom. The Hall–Kier alpha value is -0.390. The zero-order valence-corrected chi connectivity index (χ0v) is 13.0. The maximum Gasteiger partial charge on any atom is 0.0864 e. The van der Waals surface area contributed by atoms with Crippen LogP contribution in [-0.4, -0.2) is 28.5 Å². The summed E-state index contributed by atoms with van der Waals surface area (Å²) in [6, 6.07) is 0.182. The van der Waals surface area contributed by atoms with E-state index in [2.05, 4.69) is 40.2 Å². The number of ether oxygens (including phenoxy) is 1. The lowest BCUT2D eigenvalue weighted by atomic mass is 9.90. The van der Waals surface area contributed by atoms with Gasteiger partial charge in [0.25, 0.3) is 0 Å². The average Bonchev–Trinajstić information content (AvgIpc) is 2.90. The summed E-state index contributed by atoms with van der Waals surface area (Å²) >= 11 is 3.60. The molecule has 0 aliphatic carbocycles. The van der Waals surface area contributed by atoms with Crippen LogP contribution in [0.5, 0.6) is 0 Å². The molecule has 1 aliphatic heterocycles. The summed E-state index contributed by atoms with van der Waals surface area (Å²) in [5.74, 6) is 0. The van der Waals surface area contributed by atoms with Gasteiger partial charge in [0.1, 0.15) is 0 Å². The number of hydrogen-bond acceptors (Lipinski definition) is 3. The molecule has 0 radical (unpaired) electrons. The van der Waals surface area contributed by atoms with Crippen LogP contribution < -0.4 is 5.32 Å². The van der Waals surface area contributed by atoms with Crippen molar-refractivity contribution in [1.82, 2.24) is 15.1 Å². The molecule has 0 spiro atoms. The molecule has 1 aliphatic rings. The molecule has 5 heteroatoms. The molecule has 102 valence electrons. The van der Waals surface area contributed by atoms with Crippen molar-refractivity contribution in [2.24, 2.45) is 7.05 Å². The van der Waals surface area contributed by atoms with E-state index in [9.17, 15) is 0 Å². The van der Waals surface area contributed by atoms with Crippen molar-refractivity contribution in [1.29, 1.82) is 0 Å². The largest absolute Gasteiger partial charge is 0.373 e. The number of aryl methyl sites for hydroxylation is 1. The molecular formula is C13H22BrN3O. The molecule has 1 aromatic rings. The van der Waals surface area contributed by atoms with Crippen molar-refractivity contribution < 1.29 is 4.74 Å². The SMILES string of the molecule is CCCNC(c1c(Br)cnn1C)C1(C)CCCO1. The van der Waals surface area contributed by atoms with E-state index in [1.54, 1.807) is 0 Å². The van der Waals surface area contributed by atoms with Crippen molar-refractivity contribution in [2.45, 2.75) is 44.8 Å². The van der Waals surface area contributed by atoms with Gasteiger partial charge in [-0.1, -0.05) is 6.92 Å². The maximum absolute atomic E-state index is 6.01. The van der Waals surface area contributed by atoms with Crippen LogP contribution >= 0.6 is 15.9 Å². The summed E-state index contributed by atoms with van der Waals surface area (Å²) in [5.41, 5.74) is 1.04. The van der Waals surface area contributed by atoms with Crippen molar-refractivity contribution in [3.63, 3.8) is 0 Å². The van der Waals surface area contributed by atoms with Gasteiger partial charge in [-0.3, -0.25) is 4.68 Å². The van der Waals surface area contributed by atoms with Crippen molar-refractivity contribution in [3.8, 4) is 0 Å². The number of nitrogens with zero attached hydrogens (tertiary/aromatic N) is 2. The highest BCUT2D eigenvalue weighted by atomic mass is 79.9. The smallest absolute Gasteiger partial charge is 0.0864 e. The number of hydrogen-bond donors (Lipinski definition) is 1. The summed E-state index contributed by atoms with van der Waals surface area (Å²) < 4.78 is 9.00. The molecule has 0 aromatic carbocycles. The Bertz CT molecular complexity index is 379. The van der Waals surface area contributed by atoms with Crippen molar-refractivity contribution >= 4 is 15.9 Å². The lowest BCUT2D eigenvalue weighted by Gasteiger charge is -2.34. The highest BCUT2D eigenvalue weighted by Crippen LogP contribution is 2.39. The van der Waals surface area contributed by atoms with Gasteiger partial charge in [-0.15, -0.1) is 0 Å². The minimum Gasteiger partial charge on any atom is -0.373 e. The first kappa shape index (κ1) is 14.0. The monoisotopic (exact) mass is 315 g/mol. The van der Waals surface area contributed by atoms with Gasteiger partial charge in [0.2, 0.25) is 0 Å². The maximum atomic E-state index is 6.01. The molecular weight excluding hydrogens is 294 g/mol. The van der Waals surface area contributed by atoms with E-state index in [-0.39, 0.29) is 11.6 Å². The summed E-state index contributed by atoms with van der Waals surface area (Å²) in [5, 5.41) is 7.94. The molecule has 0 bridgehead atoms. The van der Waals surface area contributed by atoms with Crippen LogP contribution in [0.1, 0.15) is 44.8 Å². The molecule has 0 saturated carbocycles.